The number of fused-ring (bicyclic) bond motifs is 1. The SMILES string of the molecule is CCCCCCCC(=O)NC(CN1CCCC1)[C@H](O)c1ccc2c(c1)OC(F)(F)[N+](F)(F)O2. The van der Waals surface area contributed by atoms with Gasteiger partial charge in [0.1, 0.15) is 15.1 Å². The van der Waals surface area contributed by atoms with E-state index in [-0.39, 0.29) is 11.5 Å². The number of hydroxylamine groups is 1. The Labute approximate surface area is 190 Å². The number of benzene rings is 1. The van der Waals surface area contributed by atoms with Gasteiger partial charge in [0.2, 0.25) is 11.7 Å². The summed E-state index contributed by atoms with van der Waals surface area (Å²) < 4.78 is 57.9. The molecule has 3 rings (SSSR count). The van der Waals surface area contributed by atoms with E-state index in [4.69, 9.17) is 0 Å². The number of hydrogen-bond donors (Lipinski definition) is 2. The molecule has 2 atom stereocenters. The average Bonchev–Trinajstić information content (AvgIpc) is 3.26. The zero-order chi connectivity index (χ0) is 24.1. The van der Waals surface area contributed by atoms with Gasteiger partial charge in [-0.15, -0.1) is 0 Å². The number of ether oxygens (including phenoxy) is 1. The summed E-state index contributed by atoms with van der Waals surface area (Å²) in [4.78, 5) is 18.7. The maximum absolute atomic E-state index is 13.5. The van der Waals surface area contributed by atoms with Crippen LogP contribution in [0.1, 0.15) is 70.0 Å². The van der Waals surface area contributed by atoms with Crippen LogP contribution in [0.15, 0.2) is 18.2 Å². The minimum atomic E-state index is -4.91. The Morgan fingerprint density at radius 2 is 1.88 bits per heavy atom. The molecule has 2 N–H and O–H groups in total. The van der Waals surface area contributed by atoms with Crippen LogP contribution in [-0.4, -0.2) is 52.9 Å². The van der Waals surface area contributed by atoms with Gasteiger partial charge < -0.3 is 20.1 Å². The van der Waals surface area contributed by atoms with E-state index in [0.29, 0.717) is 13.0 Å². The van der Waals surface area contributed by atoms with Crippen molar-refractivity contribution in [3.63, 3.8) is 0 Å². The minimum absolute atomic E-state index is 0.151. The van der Waals surface area contributed by atoms with Crippen LogP contribution < -0.4 is 14.9 Å². The van der Waals surface area contributed by atoms with Crippen LogP contribution in [0.4, 0.5) is 17.7 Å². The molecule has 186 valence electrons. The number of nitrogens with one attached hydrogen (secondary N) is 1. The molecule has 0 saturated carbocycles. The highest BCUT2D eigenvalue weighted by Gasteiger charge is 2.71. The number of alkyl halides is 2. The average molecular weight is 479 g/mol. The molecule has 1 fully saturated rings. The number of likely N-dealkylation sites (tertiary alicyclic amines) is 1. The van der Waals surface area contributed by atoms with Gasteiger partial charge in [0.15, 0.2) is 5.75 Å². The van der Waals surface area contributed by atoms with Gasteiger partial charge in [0.05, 0.1) is 6.04 Å². The summed E-state index contributed by atoms with van der Waals surface area (Å²) in [5, 5.41) is 9.77. The van der Waals surface area contributed by atoms with Crippen molar-refractivity contribution in [2.24, 2.45) is 0 Å². The fraction of sp³-hybridized carbons (Fsp3) is 0.682. The molecule has 33 heavy (non-hydrogen) atoms. The number of carbonyl (C=O) groups is 1. The number of unbranched alkanes of at least 4 members (excludes halogenated alkanes) is 4. The molecule has 0 radical (unpaired) electrons. The van der Waals surface area contributed by atoms with E-state index in [2.05, 4.69) is 26.7 Å². The Balaban J connectivity index is 1.70. The first-order valence-corrected chi connectivity index (χ1v) is 11.5. The van der Waals surface area contributed by atoms with E-state index < -0.39 is 35.0 Å². The zero-order valence-corrected chi connectivity index (χ0v) is 18.7. The van der Waals surface area contributed by atoms with Crippen molar-refractivity contribution in [2.75, 3.05) is 19.6 Å². The fourth-order valence-corrected chi connectivity index (χ4v) is 4.09. The van der Waals surface area contributed by atoms with E-state index in [9.17, 15) is 27.6 Å². The van der Waals surface area contributed by atoms with E-state index in [0.717, 1.165) is 70.2 Å². The first-order valence-electron chi connectivity index (χ1n) is 11.5. The lowest BCUT2D eigenvalue weighted by Crippen LogP contribution is -2.56. The Bertz CT molecular complexity index is 806. The van der Waals surface area contributed by atoms with Crippen molar-refractivity contribution in [2.45, 2.75) is 76.7 Å². The summed E-state index contributed by atoms with van der Waals surface area (Å²) in [5.41, 5.74) is 0.151. The predicted molar refractivity (Wildman–Crippen MR) is 111 cm³/mol. The van der Waals surface area contributed by atoms with Crippen LogP contribution in [0, 0.1) is 0 Å². The number of quaternary nitrogens is 1. The Hall–Kier alpha value is -2.11. The highest BCUT2D eigenvalue weighted by Crippen LogP contribution is 2.45. The Morgan fingerprint density at radius 1 is 1.18 bits per heavy atom. The third kappa shape index (κ3) is 6.48. The number of aliphatic hydroxyl groups excluding tert-OH is 1. The third-order valence-corrected chi connectivity index (χ3v) is 5.95. The monoisotopic (exact) mass is 478 g/mol. The number of nitrogens with zero attached hydrogens (tertiary/aromatic N) is 2. The number of amides is 1. The highest BCUT2D eigenvalue weighted by molar-refractivity contribution is 5.76. The van der Waals surface area contributed by atoms with Gasteiger partial charge in [-0.05, 0) is 50.0 Å². The molecule has 0 aromatic heterocycles. The van der Waals surface area contributed by atoms with Crippen molar-refractivity contribution in [1.82, 2.24) is 10.2 Å². The summed E-state index contributed by atoms with van der Waals surface area (Å²) in [6, 6.07) is 2.68. The number of halogens is 4. The molecule has 7 nitrogen and oxygen atoms in total. The highest BCUT2D eigenvalue weighted by atomic mass is 19.4. The molecule has 1 saturated heterocycles. The number of hydrogen-bond acceptors (Lipinski definition) is 5. The number of carbonyl (C=O) groups excluding carboxylic acids is 1. The summed E-state index contributed by atoms with van der Waals surface area (Å²) in [6.07, 6.45) is 1.16. The normalized spacial score (nSPS) is 20.9. The lowest BCUT2D eigenvalue weighted by molar-refractivity contribution is -1.34. The van der Waals surface area contributed by atoms with Crippen molar-refractivity contribution < 1.29 is 42.3 Å². The largest absolute Gasteiger partial charge is 0.691 e. The summed E-state index contributed by atoms with van der Waals surface area (Å²) in [5.74, 6) is -1.38. The van der Waals surface area contributed by atoms with Gasteiger partial charge in [-0.3, -0.25) is 4.79 Å². The molecule has 0 spiro atoms. The van der Waals surface area contributed by atoms with Gasteiger partial charge in [0.25, 0.3) is 0 Å². The van der Waals surface area contributed by atoms with Crippen LogP contribution in [0.5, 0.6) is 11.5 Å². The van der Waals surface area contributed by atoms with Crippen molar-refractivity contribution >= 4 is 5.91 Å². The van der Waals surface area contributed by atoms with Crippen molar-refractivity contribution in [3.05, 3.63) is 23.8 Å². The molecule has 11 heteroatoms. The molecule has 1 aromatic carbocycles. The summed E-state index contributed by atoms with van der Waals surface area (Å²) in [7, 11) is 0. The van der Waals surface area contributed by atoms with Gasteiger partial charge in [0, 0.05) is 13.0 Å². The van der Waals surface area contributed by atoms with E-state index in [1.807, 2.05) is 0 Å². The van der Waals surface area contributed by atoms with Crippen LogP contribution in [0.3, 0.4) is 0 Å². The lowest BCUT2D eigenvalue weighted by Gasteiger charge is -2.30. The van der Waals surface area contributed by atoms with Crippen molar-refractivity contribution in [1.29, 1.82) is 0 Å². The van der Waals surface area contributed by atoms with E-state index in [1.165, 1.54) is 6.07 Å². The van der Waals surface area contributed by atoms with E-state index in [1.54, 1.807) is 0 Å². The third-order valence-electron chi connectivity index (χ3n) is 5.95. The fourth-order valence-electron chi connectivity index (χ4n) is 4.09. The van der Waals surface area contributed by atoms with Crippen LogP contribution >= 0.6 is 0 Å². The zero-order valence-electron chi connectivity index (χ0n) is 18.7. The minimum Gasteiger partial charge on any atom is -0.386 e. The molecule has 1 amide bonds. The smallest absolute Gasteiger partial charge is 0.386 e. The maximum Gasteiger partial charge on any atom is 0.691 e. The maximum atomic E-state index is 13.5. The second-order valence-corrected chi connectivity index (χ2v) is 8.64. The molecule has 1 aromatic rings. The quantitative estimate of drug-likeness (QED) is 0.212. The second-order valence-electron chi connectivity index (χ2n) is 8.64. The number of aliphatic hydroxyl groups is 1. The first kappa shape index (κ1) is 25.5. The van der Waals surface area contributed by atoms with Gasteiger partial charge >= 0.3 is 11.3 Å². The molecule has 2 aliphatic rings. The molecule has 0 bridgehead atoms. The molecule has 1 unspecified atom stereocenters. The predicted octanol–water partition coefficient (Wildman–Crippen LogP) is 4.48. The molecular formula is C22H32F4N3O4+. The summed E-state index contributed by atoms with van der Waals surface area (Å²) in [6.45, 7) is 4.15. The molecule has 2 aliphatic heterocycles. The van der Waals surface area contributed by atoms with Gasteiger partial charge in [-0.25, -0.2) is 4.84 Å². The second kappa shape index (κ2) is 10.9. The molecule has 2 heterocycles. The van der Waals surface area contributed by atoms with Crippen LogP contribution in [-0.2, 0) is 4.79 Å². The number of rotatable bonds is 11. The van der Waals surface area contributed by atoms with Gasteiger partial charge in [-0.2, -0.15) is 0 Å². The molecule has 0 aliphatic carbocycles. The molecular weight excluding hydrogens is 446 g/mol. The van der Waals surface area contributed by atoms with Crippen LogP contribution in [0.25, 0.3) is 0 Å². The summed E-state index contributed by atoms with van der Waals surface area (Å²) >= 11 is 0. The van der Waals surface area contributed by atoms with E-state index >= 15 is 0 Å². The first-order chi connectivity index (χ1) is 15.6. The Morgan fingerprint density at radius 3 is 2.58 bits per heavy atom. The standard InChI is InChI=1S/C22H31F4N3O4/c1-2-3-4-5-6-9-20(30)27-17(15-28-12-7-8-13-28)21(31)16-10-11-18-19(14-16)32-22(23,24)29(25,26)33-18/h10-11,14,17,21,31H,2-9,12-13,15H2,1H3/p+1/t17?,21-/m1/s1. The van der Waals surface area contributed by atoms with Gasteiger partial charge in [-0.1, -0.05) is 47.5 Å². The Kier molecular flexibility index (Phi) is 8.41. The van der Waals surface area contributed by atoms with Crippen LogP contribution in [0.2, 0.25) is 0 Å². The topological polar surface area (TPSA) is 71.0 Å². The lowest BCUT2D eigenvalue weighted by atomic mass is 10.0. The van der Waals surface area contributed by atoms with Crippen molar-refractivity contribution in [3.8, 4) is 11.5 Å².